The van der Waals surface area contributed by atoms with Gasteiger partial charge in [-0.1, -0.05) is 274 Å². The SMILES string of the molecule is CC1(C)c2ccccc2-c2ccc(N(C3=CC=C4c5ccccc5C(C)(C)C4C3)c3ccc4c(-c5cccc6ccccc56)c5cc(N(c6ccc7c(c6)C(C)(C)c6ccccc6-7)c6ccc7c(c6)C(C)(C)c6ccccc6-7)ccc5c(-c5cccc6ccccc56)c4c3)cc21. The lowest BCUT2D eigenvalue weighted by atomic mass is 9.73. The number of fused-ring (bicyclic) bond motifs is 16. The van der Waals surface area contributed by atoms with E-state index in [0.717, 1.165) is 29.2 Å². The van der Waals surface area contributed by atoms with Crippen molar-refractivity contribution in [2.24, 2.45) is 5.92 Å². The average Bonchev–Trinajstić information content (AvgIpc) is 1.10. The first kappa shape index (κ1) is 56.7. The van der Waals surface area contributed by atoms with Crippen LogP contribution in [0.2, 0.25) is 0 Å². The van der Waals surface area contributed by atoms with Gasteiger partial charge in [0.1, 0.15) is 0 Å². The molecule has 5 aliphatic rings. The van der Waals surface area contributed by atoms with Gasteiger partial charge in [0, 0.05) is 50.4 Å². The summed E-state index contributed by atoms with van der Waals surface area (Å²) in [6.07, 6.45) is 5.80. The van der Waals surface area contributed by atoms with Crippen LogP contribution < -0.4 is 9.80 Å². The monoisotopic (exact) mass is 1230 g/mol. The maximum Gasteiger partial charge on any atom is 0.0468 e. The van der Waals surface area contributed by atoms with Gasteiger partial charge in [0.25, 0.3) is 0 Å². The molecule has 0 aromatic heterocycles. The molecule has 0 saturated carbocycles. The fourth-order valence-electron chi connectivity index (χ4n) is 18.6. The molecule has 1 unspecified atom stereocenters. The van der Waals surface area contributed by atoms with Gasteiger partial charge in [-0.05, 0) is 233 Å². The summed E-state index contributed by atoms with van der Waals surface area (Å²) in [4.78, 5) is 5.19. The van der Waals surface area contributed by atoms with Gasteiger partial charge in [-0.25, -0.2) is 0 Å². The van der Waals surface area contributed by atoms with Crippen molar-refractivity contribution in [2.75, 3.05) is 9.80 Å². The van der Waals surface area contributed by atoms with Gasteiger partial charge in [0.2, 0.25) is 0 Å². The first-order valence-corrected chi connectivity index (χ1v) is 34.5. The van der Waals surface area contributed by atoms with E-state index in [1.54, 1.807) is 0 Å². The third-order valence-electron chi connectivity index (χ3n) is 23.5. The Morgan fingerprint density at radius 3 is 1.07 bits per heavy atom. The highest BCUT2D eigenvalue weighted by Crippen LogP contribution is 2.59. The average molecular weight is 1230 g/mol. The molecule has 14 aromatic rings. The van der Waals surface area contributed by atoms with E-state index in [0.29, 0.717) is 5.92 Å². The van der Waals surface area contributed by atoms with E-state index in [2.05, 4.69) is 350 Å². The minimum absolute atomic E-state index is 0.0627. The third kappa shape index (κ3) is 7.99. The molecule has 460 valence electrons. The smallest absolute Gasteiger partial charge is 0.0468 e. The molecule has 5 aliphatic carbocycles. The summed E-state index contributed by atoms with van der Waals surface area (Å²) < 4.78 is 0. The zero-order chi connectivity index (χ0) is 64.7. The van der Waals surface area contributed by atoms with Gasteiger partial charge in [0.05, 0.1) is 0 Å². The Morgan fingerprint density at radius 2 is 0.604 bits per heavy atom. The van der Waals surface area contributed by atoms with Gasteiger partial charge >= 0.3 is 0 Å². The van der Waals surface area contributed by atoms with Crippen LogP contribution in [-0.2, 0) is 21.7 Å². The van der Waals surface area contributed by atoms with Crippen LogP contribution in [0.3, 0.4) is 0 Å². The van der Waals surface area contributed by atoms with Gasteiger partial charge in [-0.3, -0.25) is 0 Å². The number of benzene rings is 14. The predicted molar refractivity (Wildman–Crippen MR) is 407 cm³/mol. The second-order valence-electron chi connectivity index (χ2n) is 29.9. The molecule has 96 heavy (non-hydrogen) atoms. The highest BCUT2D eigenvalue weighted by atomic mass is 15.2. The van der Waals surface area contributed by atoms with Crippen molar-refractivity contribution >= 4 is 77.1 Å². The fraction of sp³-hybridized carbons (Fsp3) is 0.149. The van der Waals surface area contributed by atoms with E-state index in [-0.39, 0.29) is 21.7 Å². The second kappa shape index (κ2) is 20.4. The molecule has 1 atom stereocenters. The number of hydrogen-bond acceptors (Lipinski definition) is 2. The van der Waals surface area contributed by atoms with Gasteiger partial charge in [-0.2, -0.15) is 0 Å². The largest absolute Gasteiger partial charge is 0.314 e. The molecule has 2 heteroatoms. The number of rotatable bonds is 8. The van der Waals surface area contributed by atoms with Gasteiger partial charge in [-0.15, -0.1) is 0 Å². The lowest BCUT2D eigenvalue weighted by Crippen LogP contribution is -2.29. The fourth-order valence-corrected chi connectivity index (χ4v) is 18.6. The third-order valence-corrected chi connectivity index (χ3v) is 23.5. The second-order valence-corrected chi connectivity index (χ2v) is 29.9. The molecule has 0 radical (unpaired) electrons. The van der Waals surface area contributed by atoms with E-state index in [4.69, 9.17) is 0 Å². The molecule has 0 fully saturated rings. The van der Waals surface area contributed by atoms with E-state index in [1.165, 1.54) is 160 Å². The quantitative estimate of drug-likeness (QED) is 0.140. The highest BCUT2D eigenvalue weighted by Gasteiger charge is 2.45. The molecule has 0 saturated heterocycles. The normalized spacial score (nSPS) is 16.6. The number of nitrogens with zero attached hydrogens (tertiary/aromatic N) is 2. The lowest BCUT2D eigenvalue weighted by Gasteiger charge is -2.37. The van der Waals surface area contributed by atoms with Crippen molar-refractivity contribution in [3.8, 4) is 55.6 Å². The summed E-state index contributed by atoms with van der Waals surface area (Å²) in [6.45, 7) is 19.4. The van der Waals surface area contributed by atoms with Crippen LogP contribution >= 0.6 is 0 Å². The Labute approximate surface area is 563 Å². The molecule has 0 heterocycles. The predicted octanol–water partition coefficient (Wildman–Crippen LogP) is 25.4. The van der Waals surface area contributed by atoms with Crippen LogP contribution in [0.5, 0.6) is 0 Å². The Kier molecular flexibility index (Phi) is 12.0. The maximum atomic E-state index is 2.63. The number of allylic oxidation sites excluding steroid dienone is 4. The summed E-state index contributed by atoms with van der Waals surface area (Å²) >= 11 is 0. The maximum absolute atomic E-state index is 2.63. The zero-order valence-corrected chi connectivity index (χ0v) is 55.8. The molecular formula is C94H74N2. The molecule has 0 amide bonds. The number of anilines is 5. The molecule has 0 aliphatic heterocycles. The molecule has 14 aromatic carbocycles. The van der Waals surface area contributed by atoms with Crippen molar-refractivity contribution in [3.05, 3.63) is 335 Å². The molecule has 0 bridgehead atoms. The Morgan fingerprint density at radius 1 is 0.260 bits per heavy atom. The molecule has 0 N–H and O–H groups in total. The van der Waals surface area contributed by atoms with Crippen LogP contribution in [0.15, 0.2) is 291 Å². The summed E-state index contributed by atoms with van der Waals surface area (Å²) in [5.74, 6) is 0.300. The summed E-state index contributed by atoms with van der Waals surface area (Å²) in [6, 6.07) is 105. The van der Waals surface area contributed by atoms with E-state index < -0.39 is 0 Å². The first-order chi connectivity index (χ1) is 46.6. The van der Waals surface area contributed by atoms with Crippen molar-refractivity contribution < 1.29 is 0 Å². The minimum Gasteiger partial charge on any atom is -0.314 e. The molecule has 0 spiro atoms. The molecule has 19 rings (SSSR count). The van der Waals surface area contributed by atoms with Gasteiger partial charge < -0.3 is 9.80 Å². The minimum atomic E-state index is -0.199. The van der Waals surface area contributed by atoms with Crippen molar-refractivity contribution in [2.45, 2.75) is 83.5 Å². The van der Waals surface area contributed by atoms with E-state index in [9.17, 15) is 0 Å². The van der Waals surface area contributed by atoms with Gasteiger partial charge in [0.15, 0.2) is 0 Å². The van der Waals surface area contributed by atoms with Crippen LogP contribution in [0, 0.1) is 5.92 Å². The van der Waals surface area contributed by atoms with Crippen molar-refractivity contribution in [1.29, 1.82) is 0 Å². The highest BCUT2D eigenvalue weighted by molar-refractivity contribution is 6.26. The summed E-state index contributed by atoms with van der Waals surface area (Å²) in [5.41, 5.74) is 31.6. The van der Waals surface area contributed by atoms with E-state index >= 15 is 0 Å². The van der Waals surface area contributed by atoms with Crippen molar-refractivity contribution in [1.82, 2.24) is 0 Å². The molecular weight excluding hydrogens is 1160 g/mol. The summed E-state index contributed by atoms with van der Waals surface area (Å²) in [5, 5.41) is 9.72. The molecule has 2 nitrogen and oxygen atoms in total. The Balaban J connectivity index is 0.896. The zero-order valence-electron chi connectivity index (χ0n) is 55.8. The topological polar surface area (TPSA) is 6.48 Å². The van der Waals surface area contributed by atoms with E-state index in [1.807, 2.05) is 0 Å². The van der Waals surface area contributed by atoms with Crippen LogP contribution in [0.1, 0.15) is 106 Å². The Bertz CT molecular complexity index is 5660. The van der Waals surface area contributed by atoms with Crippen LogP contribution in [-0.4, -0.2) is 0 Å². The number of hydrogen-bond donors (Lipinski definition) is 0. The summed E-state index contributed by atoms with van der Waals surface area (Å²) in [7, 11) is 0. The standard InChI is InChI=1S/C94H74N2/c1-91(2)81-35-17-13-29-67(81)71-45-39-61(53-85(71)91)95(62-40-46-72-68-30-14-18-36-82(68)92(3,4)86(72)54-62)59-43-49-77-79(51-59)89(75-33-21-25-57-23-9-11-27-65(57)75)78-50-44-60(52-80(78)90(77)76-34-22-26-58-24-10-12-28-66(58)76)96(63-41-47-73-69-31-15-19-37-83(69)93(5,6)87(73)55-63)64-42-48-74-70-32-16-20-38-84(70)94(7,8)88(74)56-64/h9-55,88H,56H2,1-8H3. The van der Waals surface area contributed by atoms with Crippen LogP contribution in [0.25, 0.3) is 104 Å². The Hall–Kier alpha value is -10.8. The van der Waals surface area contributed by atoms with Crippen molar-refractivity contribution in [3.63, 3.8) is 0 Å². The first-order valence-electron chi connectivity index (χ1n) is 34.5. The lowest BCUT2D eigenvalue weighted by molar-refractivity contribution is 0.406. The van der Waals surface area contributed by atoms with Crippen LogP contribution in [0.4, 0.5) is 28.4 Å².